The van der Waals surface area contributed by atoms with E-state index in [0.717, 1.165) is 11.6 Å². The maximum atomic E-state index is 11.9. The highest BCUT2D eigenvalue weighted by molar-refractivity contribution is 7.94. The SMILES string of the molecule is Cc1ccccc1Nc1ccc(S(=O)(=O)C(Cl)Cl)cc1[N+](=O)[O-]. The zero-order valence-electron chi connectivity index (χ0n) is 11.9. The Morgan fingerprint density at radius 2 is 1.78 bits per heavy atom. The van der Waals surface area contributed by atoms with E-state index in [1.807, 2.05) is 19.1 Å². The van der Waals surface area contributed by atoms with Crippen LogP contribution in [-0.4, -0.2) is 17.5 Å². The Balaban J connectivity index is 2.50. The van der Waals surface area contributed by atoms with Crippen molar-refractivity contribution >= 4 is 50.1 Å². The molecule has 0 unspecified atom stereocenters. The van der Waals surface area contributed by atoms with Crippen LogP contribution >= 0.6 is 23.2 Å². The van der Waals surface area contributed by atoms with Gasteiger partial charge in [-0.25, -0.2) is 8.42 Å². The predicted octanol–water partition coefficient (Wildman–Crippen LogP) is 4.18. The van der Waals surface area contributed by atoms with Crippen molar-refractivity contribution in [3.63, 3.8) is 0 Å². The van der Waals surface area contributed by atoms with Gasteiger partial charge in [-0.2, -0.15) is 0 Å². The molecule has 2 aromatic rings. The number of rotatable bonds is 5. The number of hydrogen-bond donors (Lipinski definition) is 1. The molecule has 0 aromatic heterocycles. The van der Waals surface area contributed by atoms with Crippen LogP contribution in [0.15, 0.2) is 47.4 Å². The fourth-order valence-electron chi connectivity index (χ4n) is 1.91. The molecule has 0 aliphatic rings. The number of nitrogens with one attached hydrogen (secondary N) is 1. The van der Waals surface area contributed by atoms with Crippen LogP contribution in [0.2, 0.25) is 0 Å². The van der Waals surface area contributed by atoms with E-state index in [1.54, 1.807) is 12.1 Å². The Morgan fingerprint density at radius 1 is 1.13 bits per heavy atom. The highest BCUT2D eigenvalue weighted by Gasteiger charge is 2.26. The summed E-state index contributed by atoms with van der Waals surface area (Å²) in [6.45, 7) is 1.85. The summed E-state index contributed by atoms with van der Waals surface area (Å²) in [6.07, 6.45) is 0. The Morgan fingerprint density at radius 3 is 2.35 bits per heavy atom. The van der Waals surface area contributed by atoms with Gasteiger partial charge in [0.1, 0.15) is 5.69 Å². The molecular weight excluding hydrogens is 363 g/mol. The van der Waals surface area contributed by atoms with Gasteiger partial charge in [0.15, 0.2) is 0 Å². The number of halogens is 2. The highest BCUT2D eigenvalue weighted by atomic mass is 35.5. The number of nitro benzene ring substituents is 1. The van der Waals surface area contributed by atoms with Crippen LogP contribution in [-0.2, 0) is 9.84 Å². The molecule has 0 atom stereocenters. The molecule has 0 amide bonds. The molecule has 122 valence electrons. The zero-order chi connectivity index (χ0) is 17.2. The van der Waals surface area contributed by atoms with Crippen LogP contribution in [0, 0.1) is 17.0 Å². The number of alkyl halides is 2. The molecule has 0 aliphatic heterocycles. The Labute approximate surface area is 143 Å². The molecule has 6 nitrogen and oxygen atoms in total. The van der Waals surface area contributed by atoms with Gasteiger partial charge >= 0.3 is 0 Å². The van der Waals surface area contributed by atoms with Gasteiger partial charge in [-0.3, -0.25) is 10.1 Å². The molecule has 0 saturated heterocycles. The number of hydrogen-bond acceptors (Lipinski definition) is 5. The first kappa shape index (κ1) is 17.5. The van der Waals surface area contributed by atoms with E-state index in [0.29, 0.717) is 5.69 Å². The second-order valence-electron chi connectivity index (χ2n) is 4.68. The Kier molecular flexibility index (Phi) is 5.13. The number of nitro groups is 1. The highest BCUT2D eigenvalue weighted by Crippen LogP contribution is 2.33. The minimum Gasteiger partial charge on any atom is -0.350 e. The minimum atomic E-state index is -4.03. The monoisotopic (exact) mass is 374 g/mol. The summed E-state index contributed by atoms with van der Waals surface area (Å²) in [5, 5.41) is 14.2. The van der Waals surface area contributed by atoms with Crippen molar-refractivity contribution in [2.24, 2.45) is 0 Å². The van der Waals surface area contributed by atoms with Crippen molar-refractivity contribution in [3.05, 3.63) is 58.1 Å². The molecule has 0 spiro atoms. The lowest BCUT2D eigenvalue weighted by Crippen LogP contribution is -2.10. The normalized spacial score (nSPS) is 11.5. The Hall–Kier alpha value is -1.83. The summed E-state index contributed by atoms with van der Waals surface area (Å²) in [7, 11) is -4.03. The number of anilines is 2. The molecule has 0 fully saturated rings. The average molecular weight is 375 g/mol. The molecule has 0 radical (unpaired) electrons. The molecule has 0 aliphatic carbocycles. The van der Waals surface area contributed by atoms with Crippen molar-refractivity contribution in [1.29, 1.82) is 0 Å². The molecule has 2 aromatic carbocycles. The molecule has 0 bridgehead atoms. The zero-order valence-corrected chi connectivity index (χ0v) is 14.2. The van der Waals surface area contributed by atoms with Gasteiger partial charge in [-0.15, -0.1) is 0 Å². The maximum Gasteiger partial charge on any atom is 0.293 e. The largest absolute Gasteiger partial charge is 0.350 e. The van der Waals surface area contributed by atoms with Gasteiger partial charge in [0.05, 0.1) is 9.82 Å². The van der Waals surface area contributed by atoms with Crippen molar-refractivity contribution < 1.29 is 13.3 Å². The summed E-state index contributed by atoms with van der Waals surface area (Å²) < 4.78 is 22.2. The van der Waals surface area contributed by atoms with Crippen LogP contribution in [0.3, 0.4) is 0 Å². The average Bonchev–Trinajstić information content (AvgIpc) is 2.49. The summed E-state index contributed by atoms with van der Waals surface area (Å²) in [5.41, 5.74) is 1.35. The smallest absolute Gasteiger partial charge is 0.293 e. The third kappa shape index (κ3) is 3.74. The van der Waals surface area contributed by atoms with Crippen molar-refractivity contribution in [2.45, 2.75) is 16.0 Å². The maximum absolute atomic E-state index is 11.9. The summed E-state index contributed by atoms with van der Waals surface area (Å²) in [6, 6.07) is 10.7. The van der Waals surface area contributed by atoms with Gasteiger partial charge in [0.25, 0.3) is 5.69 Å². The number of aryl methyl sites for hydroxylation is 1. The lowest BCUT2D eigenvalue weighted by atomic mass is 10.2. The van der Waals surface area contributed by atoms with Gasteiger partial charge in [-0.05, 0) is 30.7 Å². The third-order valence-electron chi connectivity index (χ3n) is 3.14. The van der Waals surface area contributed by atoms with Gasteiger partial charge < -0.3 is 5.32 Å². The number of sulfone groups is 1. The summed E-state index contributed by atoms with van der Waals surface area (Å²) >= 11 is 10.8. The number of para-hydroxylation sites is 1. The molecular formula is C14H12Cl2N2O4S. The number of nitrogens with zero attached hydrogens (tertiary/aromatic N) is 1. The van der Waals surface area contributed by atoms with Crippen molar-refractivity contribution in [1.82, 2.24) is 0 Å². The van der Waals surface area contributed by atoms with Crippen LogP contribution < -0.4 is 5.32 Å². The fourth-order valence-corrected chi connectivity index (χ4v) is 3.26. The van der Waals surface area contributed by atoms with Crippen molar-refractivity contribution in [3.8, 4) is 0 Å². The summed E-state index contributed by atoms with van der Waals surface area (Å²) in [4.78, 5) is 10.3. The first-order valence-electron chi connectivity index (χ1n) is 6.36. The van der Waals surface area contributed by atoms with Crippen molar-refractivity contribution in [2.75, 3.05) is 5.32 Å². The number of benzene rings is 2. The van der Waals surface area contributed by atoms with E-state index in [1.165, 1.54) is 12.1 Å². The standard InChI is InChI=1S/C14H12Cl2N2O4S/c1-9-4-2-3-5-11(9)17-12-7-6-10(8-13(12)18(19)20)23(21,22)14(15)16/h2-8,14,17H,1H3. The first-order chi connectivity index (χ1) is 10.7. The van der Waals surface area contributed by atoms with Gasteiger partial charge in [0.2, 0.25) is 14.0 Å². The van der Waals surface area contributed by atoms with Gasteiger partial charge in [-0.1, -0.05) is 41.4 Å². The molecule has 1 N–H and O–H groups in total. The van der Waals surface area contributed by atoms with Gasteiger partial charge in [0, 0.05) is 11.8 Å². The molecule has 23 heavy (non-hydrogen) atoms. The third-order valence-corrected chi connectivity index (χ3v) is 5.93. The molecule has 0 saturated carbocycles. The predicted molar refractivity (Wildman–Crippen MR) is 90.2 cm³/mol. The second kappa shape index (κ2) is 6.74. The quantitative estimate of drug-likeness (QED) is 0.481. The summed E-state index contributed by atoms with van der Waals surface area (Å²) in [5.74, 6) is 0. The minimum absolute atomic E-state index is 0.170. The lowest BCUT2D eigenvalue weighted by molar-refractivity contribution is -0.384. The second-order valence-corrected chi connectivity index (χ2v) is 8.33. The molecule has 0 heterocycles. The van der Waals surface area contributed by atoms with Crippen LogP contribution in [0.5, 0.6) is 0 Å². The van der Waals surface area contributed by atoms with E-state index < -0.39 is 18.9 Å². The van der Waals surface area contributed by atoms with E-state index in [-0.39, 0.29) is 16.3 Å². The first-order valence-corrected chi connectivity index (χ1v) is 8.78. The van der Waals surface area contributed by atoms with E-state index >= 15 is 0 Å². The van der Waals surface area contributed by atoms with Crippen LogP contribution in [0.25, 0.3) is 0 Å². The topological polar surface area (TPSA) is 89.3 Å². The van der Waals surface area contributed by atoms with Crippen LogP contribution in [0.1, 0.15) is 5.56 Å². The Bertz CT molecular complexity index is 854. The molecule has 2 rings (SSSR count). The van der Waals surface area contributed by atoms with E-state index in [4.69, 9.17) is 23.2 Å². The van der Waals surface area contributed by atoms with E-state index in [9.17, 15) is 18.5 Å². The van der Waals surface area contributed by atoms with Crippen LogP contribution in [0.4, 0.5) is 17.1 Å². The molecule has 9 heteroatoms. The van der Waals surface area contributed by atoms with E-state index in [2.05, 4.69) is 5.32 Å². The lowest BCUT2D eigenvalue weighted by Gasteiger charge is -2.11. The fraction of sp³-hybridized carbons (Fsp3) is 0.143.